The Labute approximate surface area is 154 Å². The van der Waals surface area contributed by atoms with Gasteiger partial charge in [0, 0.05) is 44.6 Å². The van der Waals surface area contributed by atoms with Crippen LogP contribution in [0.3, 0.4) is 0 Å². The fourth-order valence-corrected chi connectivity index (χ4v) is 2.99. The van der Waals surface area contributed by atoms with Crippen LogP contribution in [0, 0.1) is 0 Å². The fourth-order valence-electron chi connectivity index (χ4n) is 2.99. The highest BCUT2D eigenvalue weighted by Gasteiger charge is 2.31. The van der Waals surface area contributed by atoms with Crippen LogP contribution in [0.25, 0.3) is 0 Å². The van der Waals surface area contributed by atoms with Gasteiger partial charge in [0.15, 0.2) is 0 Å². The third-order valence-electron chi connectivity index (χ3n) is 4.54. The molecule has 1 aliphatic heterocycles. The first-order chi connectivity index (χ1) is 12.8. The molecule has 3 rings (SSSR count). The first kappa shape index (κ1) is 19.0. The lowest BCUT2D eigenvalue weighted by atomic mass is 10.1. The van der Waals surface area contributed by atoms with Crippen molar-refractivity contribution in [2.45, 2.75) is 19.0 Å². The molecule has 1 aliphatic rings. The lowest BCUT2D eigenvalue weighted by Crippen LogP contribution is -2.50. The highest BCUT2D eigenvalue weighted by atomic mass is 19.4. The number of halogens is 3. The van der Waals surface area contributed by atoms with Crippen molar-refractivity contribution >= 4 is 11.8 Å². The van der Waals surface area contributed by atoms with Gasteiger partial charge >= 0.3 is 6.18 Å². The third-order valence-corrected chi connectivity index (χ3v) is 4.54. The van der Waals surface area contributed by atoms with Gasteiger partial charge in [-0.2, -0.15) is 13.2 Å². The Kier molecular flexibility index (Phi) is 5.53. The molecule has 2 amide bonds. The fraction of sp³-hybridized carbons (Fsp3) is 0.368. The Hall–Kier alpha value is -2.77. The van der Waals surface area contributed by atoms with E-state index in [1.807, 2.05) is 6.07 Å². The molecule has 2 heterocycles. The topological polar surface area (TPSA) is 53.8 Å². The normalized spacial score (nSPS) is 15.1. The highest BCUT2D eigenvalue weighted by molar-refractivity contribution is 5.94. The number of aryl methyl sites for hydroxylation is 1. The SMILES string of the molecule is O=C(CCc1ccco1)N1CCN(C(=O)c2ccc(C(F)(F)F)cc2)CC1. The van der Waals surface area contributed by atoms with E-state index in [2.05, 4.69) is 0 Å². The van der Waals surface area contributed by atoms with E-state index >= 15 is 0 Å². The van der Waals surface area contributed by atoms with E-state index in [1.54, 1.807) is 22.1 Å². The summed E-state index contributed by atoms with van der Waals surface area (Å²) in [5.74, 6) is 0.416. The van der Waals surface area contributed by atoms with Crippen molar-refractivity contribution in [2.24, 2.45) is 0 Å². The zero-order valence-electron chi connectivity index (χ0n) is 14.5. The molecular weight excluding hydrogens is 361 g/mol. The summed E-state index contributed by atoms with van der Waals surface area (Å²) in [6.45, 7) is 1.52. The number of piperazine rings is 1. The van der Waals surface area contributed by atoms with Crippen LogP contribution in [0.1, 0.15) is 28.1 Å². The quantitative estimate of drug-likeness (QED) is 0.819. The van der Waals surface area contributed by atoms with E-state index < -0.39 is 11.7 Å². The molecule has 0 spiro atoms. The molecule has 2 aromatic rings. The van der Waals surface area contributed by atoms with Crippen molar-refractivity contribution in [3.05, 3.63) is 59.5 Å². The molecule has 1 aromatic carbocycles. The predicted molar refractivity (Wildman–Crippen MR) is 91.0 cm³/mol. The minimum absolute atomic E-state index is 0.00645. The zero-order valence-corrected chi connectivity index (χ0v) is 14.5. The summed E-state index contributed by atoms with van der Waals surface area (Å²) in [5, 5.41) is 0. The molecular formula is C19H19F3N2O3. The van der Waals surface area contributed by atoms with Crippen LogP contribution < -0.4 is 0 Å². The van der Waals surface area contributed by atoms with Gasteiger partial charge in [0.1, 0.15) is 5.76 Å². The van der Waals surface area contributed by atoms with Crippen molar-refractivity contribution < 1.29 is 27.2 Å². The minimum atomic E-state index is -4.43. The van der Waals surface area contributed by atoms with Crippen LogP contribution in [0.2, 0.25) is 0 Å². The molecule has 0 atom stereocenters. The average Bonchev–Trinajstić information content (AvgIpc) is 3.19. The second kappa shape index (κ2) is 7.85. The lowest BCUT2D eigenvalue weighted by molar-refractivity contribution is -0.137. The van der Waals surface area contributed by atoms with Gasteiger partial charge in [-0.05, 0) is 36.4 Å². The number of benzene rings is 1. The van der Waals surface area contributed by atoms with Crippen molar-refractivity contribution in [2.75, 3.05) is 26.2 Å². The van der Waals surface area contributed by atoms with Crippen LogP contribution in [0.5, 0.6) is 0 Å². The molecule has 0 unspecified atom stereocenters. The Morgan fingerprint density at radius 1 is 0.963 bits per heavy atom. The summed E-state index contributed by atoms with van der Waals surface area (Å²) in [5.41, 5.74) is -0.577. The molecule has 144 valence electrons. The number of amides is 2. The molecule has 0 aliphatic carbocycles. The highest BCUT2D eigenvalue weighted by Crippen LogP contribution is 2.29. The summed E-state index contributed by atoms with van der Waals surface area (Å²) in [4.78, 5) is 27.9. The number of alkyl halides is 3. The summed E-state index contributed by atoms with van der Waals surface area (Å²) in [7, 11) is 0. The molecule has 0 bridgehead atoms. The maximum Gasteiger partial charge on any atom is 0.416 e. The van der Waals surface area contributed by atoms with Gasteiger partial charge in [-0.3, -0.25) is 9.59 Å². The van der Waals surface area contributed by atoms with Crippen LogP contribution in [0.4, 0.5) is 13.2 Å². The van der Waals surface area contributed by atoms with Gasteiger partial charge in [0.2, 0.25) is 5.91 Å². The van der Waals surface area contributed by atoms with E-state index in [0.29, 0.717) is 39.0 Å². The van der Waals surface area contributed by atoms with Gasteiger partial charge in [-0.25, -0.2) is 0 Å². The van der Waals surface area contributed by atoms with Gasteiger partial charge < -0.3 is 14.2 Å². The second-order valence-electron chi connectivity index (χ2n) is 6.33. The molecule has 0 N–H and O–H groups in total. The number of hydrogen-bond acceptors (Lipinski definition) is 3. The average molecular weight is 380 g/mol. The Bertz CT molecular complexity index is 778. The molecule has 1 fully saturated rings. The number of carbonyl (C=O) groups excluding carboxylic acids is 2. The van der Waals surface area contributed by atoms with E-state index in [9.17, 15) is 22.8 Å². The minimum Gasteiger partial charge on any atom is -0.469 e. The van der Waals surface area contributed by atoms with E-state index in [-0.39, 0.29) is 17.4 Å². The number of rotatable bonds is 4. The molecule has 0 radical (unpaired) electrons. The lowest BCUT2D eigenvalue weighted by Gasteiger charge is -2.35. The van der Waals surface area contributed by atoms with Gasteiger partial charge in [0.25, 0.3) is 5.91 Å². The monoisotopic (exact) mass is 380 g/mol. The standard InChI is InChI=1S/C19H19F3N2O3/c20-19(21,22)15-5-3-14(4-6-15)18(26)24-11-9-23(10-12-24)17(25)8-7-16-2-1-13-27-16/h1-6,13H,7-12H2. The van der Waals surface area contributed by atoms with Gasteiger partial charge in [-0.15, -0.1) is 0 Å². The number of carbonyl (C=O) groups is 2. The van der Waals surface area contributed by atoms with Crippen molar-refractivity contribution in [3.8, 4) is 0 Å². The Balaban J connectivity index is 1.51. The summed E-state index contributed by atoms with van der Waals surface area (Å²) in [6.07, 6.45) is -2.01. The number of nitrogens with zero attached hydrogens (tertiary/aromatic N) is 2. The van der Waals surface area contributed by atoms with Crippen molar-refractivity contribution in [3.63, 3.8) is 0 Å². The number of furan rings is 1. The van der Waals surface area contributed by atoms with Crippen LogP contribution in [0.15, 0.2) is 47.1 Å². The van der Waals surface area contributed by atoms with Crippen molar-refractivity contribution in [1.82, 2.24) is 9.80 Å². The molecule has 5 nitrogen and oxygen atoms in total. The summed E-state index contributed by atoms with van der Waals surface area (Å²) >= 11 is 0. The second-order valence-corrected chi connectivity index (χ2v) is 6.33. The molecule has 1 aromatic heterocycles. The molecule has 8 heteroatoms. The Morgan fingerprint density at radius 2 is 1.59 bits per heavy atom. The molecule has 27 heavy (non-hydrogen) atoms. The maximum atomic E-state index is 12.6. The van der Waals surface area contributed by atoms with E-state index in [1.165, 1.54) is 12.1 Å². The van der Waals surface area contributed by atoms with Crippen LogP contribution in [-0.4, -0.2) is 47.8 Å². The van der Waals surface area contributed by atoms with Crippen molar-refractivity contribution in [1.29, 1.82) is 0 Å². The number of hydrogen-bond donors (Lipinski definition) is 0. The summed E-state index contributed by atoms with van der Waals surface area (Å²) in [6, 6.07) is 7.76. The smallest absolute Gasteiger partial charge is 0.416 e. The molecule has 0 saturated carbocycles. The molecule has 1 saturated heterocycles. The largest absolute Gasteiger partial charge is 0.469 e. The maximum absolute atomic E-state index is 12.6. The van der Waals surface area contributed by atoms with Gasteiger partial charge in [0.05, 0.1) is 11.8 Å². The van der Waals surface area contributed by atoms with Crippen LogP contribution >= 0.6 is 0 Å². The first-order valence-corrected chi connectivity index (χ1v) is 8.61. The zero-order chi connectivity index (χ0) is 19.4. The predicted octanol–water partition coefficient (Wildman–Crippen LogP) is 3.22. The first-order valence-electron chi connectivity index (χ1n) is 8.61. The third kappa shape index (κ3) is 4.69. The summed E-state index contributed by atoms with van der Waals surface area (Å²) < 4.78 is 43.0. The van der Waals surface area contributed by atoms with E-state index in [0.717, 1.165) is 17.9 Å². The van der Waals surface area contributed by atoms with Crippen LogP contribution in [-0.2, 0) is 17.4 Å². The van der Waals surface area contributed by atoms with Gasteiger partial charge in [-0.1, -0.05) is 0 Å². The Morgan fingerprint density at radius 3 is 2.15 bits per heavy atom. The van der Waals surface area contributed by atoms with E-state index in [4.69, 9.17) is 4.42 Å².